The van der Waals surface area contributed by atoms with E-state index in [1.807, 2.05) is 0 Å². The summed E-state index contributed by atoms with van der Waals surface area (Å²) in [5.41, 5.74) is 4.14. The lowest BCUT2D eigenvalue weighted by molar-refractivity contribution is -0.180. The van der Waals surface area contributed by atoms with Crippen LogP contribution < -0.4 is 5.73 Å². The summed E-state index contributed by atoms with van der Waals surface area (Å²) in [5.74, 6) is -1.19. The highest BCUT2D eigenvalue weighted by molar-refractivity contribution is 5.77. The van der Waals surface area contributed by atoms with Crippen LogP contribution in [0.1, 0.15) is 39.0 Å². The van der Waals surface area contributed by atoms with Crippen molar-refractivity contribution in [1.82, 2.24) is 4.90 Å². The fourth-order valence-electron chi connectivity index (χ4n) is 2.06. The van der Waals surface area contributed by atoms with Crippen molar-refractivity contribution in [3.63, 3.8) is 0 Å². The minimum Gasteiger partial charge on any atom is -0.478 e. The van der Waals surface area contributed by atoms with Crippen LogP contribution in [0.15, 0.2) is 0 Å². The van der Waals surface area contributed by atoms with Crippen molar-refractivity contribution in [1.29, 1.82) is 0 Å². The second kappa shape index (κ2) is 4.92. The van der Waals surface area contributed by atoms with Gasteiger partial charge in [0.2, 0.25) is 5.72 Å². The van der Waals surface area contributed by atoms with Gasteiger partial charge in [-0.3, -0.25) is 4.90 Å². The Morgan fingerprint density at radius 3 is 2.87 bits per heavy atom. The molecule has 88 valence electrons. The van der Waals surface area contributed by atoms with Crippen LogP contribution in [0.4, 0.5) is 0 Å². The van der Waals surface area contributed by atoms with Crippen LogP contribution in [0.3, 0.4) is 0 Å². The minimum absolute atomic E-state index is 0.266. The molecule has 2 atom stereocenters. The largest absolute Gasteiger partial charge is 0.478 e. The number of likely N-dealkylation sites (tertiary alicyclic amines) is 1. The number of nitrogens with two attached hydrogens (primary N) is 1. The van der Waals surface area contributed by atoms with Gasteiger partial charge in [-0.1, -0.05) is 19.8 Å². The molecule has 0 aliphatic carbocycles. The summed E-state index contributed by atoms with van der Waals surface area (Å²) in [4.78, 5) is 12.5. The highest BCUT2D eigenvalue weighted by Crippen LogP contribution is 2.29. The van der Waals surface area contributed by atoms with Crippen LogP contribution in [-0.2, 0) is 4.79 Å². The molecule has 0 amide bonds. The molecule has 4 N–H and O–H groups in total. The molecule has 0 aromatic carbocycles. The highest BCUT2D eigenvalue weighted by atomic mass is 16.4. The zero-order chi connectivity index (χ0) is 11.5. The molecule has 1 heterocycles. The van der Waals surface area contributed by atoms with Gasteiger partial charge in [0.25, 0.3) is 0 Å². The third kappa shape index (κ3) is 2.48. The van der Waals surface area contributed by atoms with Crippen molar-refractivity contribution in [2.45, 2.75) is 50.9 Å². The second-order valence-corrected chi connectivity index (χ2v) is 4.13. The van der Waals surface area contributed by atoms with E-state index in [2.05, 4.69) is 6.92 Å². The Hall–Kier alpha value is -0.650. The van der Waals surface area contributed by atoms with E-state index in [1.54, 1.807) is 0 Å². The lowest BCUT2D eigenvalue weighted by Gasteiger charge is -2.34. The third-order valence-electron chi connectivity index (χ3n) is 3.00. The summed E-state index contributed by atoms with van der Waals surface area (Å²) in [5, 5.41) is 18.9. The molecule has 15 heavy (non-hydrogen) atoms. The van der Waals surface area contributed by atoms with Crippen LogP contribution in [-0.4, -0.2) is 39.5 Å². The van der Waals surface area contributed by atoms with Gasteiger partial charge in [0.1, 0.15) is 0 Å². The fourth-order valence-corrected chi connectivity index (χ4v) is 2.06. The zero-order valence-electron chi connectivity index (χ0n) is 9.15. The first-order chi connectivity index (χ1) is 7.02. The van der Waals surface area contributed by atoms with Crippen LogP contribution in [0.2, 0.25) is 0 Å². The summed E-state index contributed by atoms with van der Waals surface area (Å²) in [6.45, 7) is 2.62. The SMILES string of the molecule is CCCCC(N)N1CCCC1(O)C(=O)O. The molecule has 1 aliphatic rings. The predicted molar refractivity (Wildman–Crippen MR) is 56.0 cm³/mol. The Kier molecular flexibility index (Phi) is 4.07. The molecule has 0 aromatic heterocycles. The molecule has 0 bridgehead atoms. The summed E-state index contributed by atoms with van der Waals surface area (Å²) >= 11 is 0. The maximum Gasteiger partial charge on any atom is 0.351 e. The van der Waals surface area contributed by atoms with Gasteiger partial charge in [0.15, 0.2) is 0 Å². The van der Waals surface area contributed by atoms with Crippen molar-refractivity contribution in [3.05, 3.63) is 0 Å². The summed E-state index contributed by atoms with van der Waals surface area (Å²) in [6.07, 6.45) is 3.30. The van der Waals surface area contributed by atoms with Crippen molar-refractivity contribution in [2.24, 2.45) is 5.73 Å². The van der Waals surface area contributed by atoms with Gasteiger partial charge in [-0.15, -0.1) is 0 Å². The number of hydrogen-bond acceptors (Lipinski definition) is 4. The summed E-state index contributed by atoms with van der Waals surface area (Å²) < 4.78 is 0. The number of nitrogens with zero attached hydrogens (tertiary/aromatic N) is 1. The molecule has 2 unspecified atom stereocenters. The molecule has 0 saturated carbocycles. The van der Waals surface area contributed by atoms with E-state index in [1.165, 1.54) is 4.90 Å². The standard InChI is InChI=1S/C10H20N2O3/c1-2-3-5-8(11)12-7-4-6-10(12,15)9(13)14/h8,15H,2-7,11H2,1H3,(H,13,14). The van der Waals surface area contributed by atoms with E-state index in [-0.39, 0.29) is 12.6 Å². The van der Waals surface area contributed by atoms with E-state index in [9.17, 15) is 9.90 Å². The Labute approximate surface area is 89.9 Å². The van der Waals surface area contributed by atoms with Crippen molar-refractivity contribution in [3.8, 4) is 0 Å². The lowest BCUT2D eigenvalue weighted by Crippen LogP contribution is -2.57. The monoisotopic (exact) mass is 216 g/mol. The molecule has 1 rings (SSSR count). The van der Waals surface area contributed by atoms with Gasteiger partial charge in [-0.2, -0.15) is 0 Å². The molecule has 1 aliphatic heterocycles. The average molecular weight is 216 g/mol. The lowest BCUT2D eigenvalue weighted by atomic mass is 10.1. The number of carbonyl (C=O) groups is 1. The van der Waals surface area contributed by atoms with Gasteiger partial charge in [-0.05, 0) is 12.8 Å². The van der Waals surface area contributed by atoms with E-state index in [0.717, 1.165) is 19.3 Å². The normalized spacial score (nSPS) is 29.3. The molecule has 1 saturated heterocycles. The quantitative estimate of drug-likeness (QED) is 0.616. The Balaban J connectivity index is 2.63. The molecule has 5 heteroatoms. The Morgan fingerprint density at radius 2 is 2.33 bits per heavy atom. The van der Waals surface area contributed by atoms with Gasteiger partial charge < -0.3 is 15.9 Å². The summed E-state index contributed by atoms with van der Waals surface area (Å²) in [6, 6.07) is 0. The van der Waals surface area contributed by atoms with Gasteiger partial charge in [-0.25, -0.2) is 4.79 Å². The minimum atomic E-state index is -1.74. The topological polar surface area (TPSA) is 86.8 Å². The van der Waals surface area contributed by atoms with Gasteiger partial charge >= 0.3 is 5.97 Å². The predicted octanol–water partition coefficient (Wildman–Crippen LogP) is 0.330. The number of unbranched alkanes of at least 4 members (excludes halogenated alkanes) is 1. The first kappa shape index (κ1) is 12.4. The van der Waals surface area contributed by atoms with Crippen LogP contribution in [0.5, 0.6) is 0 Å². The van der Waals surface area contributed by atoms with E-state index < -0.39 is 11.7 Å². The first-order valence-corrected chi connectivity index (χ1v) is 5.50. The number of aliphatic carboxylic acids is 1. The summed E-state index contributed by atoms with van der Waals surface area (Å²) in [7, 11) is 0. The average Bonchev–Trinajstić information content (AvgIpc) is 2.58. The zero-order valence-corrected chi connectivity index (χ0v) is 9.15. The van der Waals surface area contributed by atoms with Crippen molar-refractivity contribution < 1.29 is 15.0 Å². The smallest absolute Gasteiger partial charge is 0.351 e. The van der Waals surface area contributed by atoms with Crippen LogP contribution >= 0.6 is 0 Å². The molecule has 0 aromatic rings. The Morgan fingerprint density at radius 1 is 1.67 bits per heavy atom. The first-order valence-electron chi connectivity index (χ1n) is 5.50. The van der Waals surface area contributed by atoms with Crippen LogP contribution in [0, 0.1) is 0 Å². The van der Waals surface area contributed by atoms with Gasteiger partial charge in [0, 0.05) is 13.0 Å². The fraction of sp³-hybridized carbons (Fsp3) is 0.900. The van der Waals surface area contributed by atoms with Crippen molar-refractivity contribution >= 4 is 5.97 Å². The van der Waals surface area contributed by atoms with Crippen LogP contribution in [0.25, 0.3) is 0 Å². The molecule has 0 spiro atoms. The third-order valence-corrected chi connectivity index (χ3v) is 3.00. The number of carboxylic acid groups (broad SMARTS) is 1. The number of hydrogen-bond donors (Lipinski definition) is 3. The maximum atomic E-state index is 11.0. The Bertz CT molecular complexity index is 235. The number of aliphatic hydroxyl groups is 1. The highest BCUT2D eigenvalue weighted by Gasteiger charge is 2.47. The van der Waals surface area contributed by atoms with E-state index >= 15 is 0 Å². The van der Waals surface area contributed by atoms with E-state index in [4.69, 9.17) is 10.8 Å². The van der Waals surface area contributed by atoms with Crippen molar-refractivity contribution in [2.75, 3.05) is 6.54 Å². The maximum absolute atomic E-state index is 11.0. The molecule has 1 fully saturated rings. The molecule has 5 nitrogen and oxygen atoms in total. The molecule has 0 radical (unpaired) electrons. The second-order valence-electron chi connectivity index (χ2n) is 4.13. The van der Waals surface area contributed by atoms with Gasteiger partial charge in [0.05, 0.1) is 6.17 Å². The number of rotatable bonds is 5. The van der Waals surface area contributed by atoms with E-state index in [0.29, 0.717) is 13.0 Å². The number of carboxylic acids is 1. The molecular weight excluding hydrogens is 196 g/mol. The molecular formula is C10H20N2O3.